The SMILES string of the molecule is CCc1ccc(O[C@@H]2OCCO[C@H]2Oc2ccc(CC)cc2)cc1. The first-order valence-electron chi connectivity index (χ1n) is 8.53. The van der Waals surface area contributed by atoms with Crippen molar-refractivity contribution in [3.8, 4) is 11.5 Å². The van der Waals surface area contributed by atoms with Crippen LogP contribution in [-0.2, 0) is 22.3 Å². The second kappa shape index (κ2) is 8.18. The van der Waals surface area contributed by atoms with Crippen molar-refractivity contribution in [1.82, 2.24) is 0 Å². The molecular weight excluding hydrogens is 304 g/mol. The Hall–Kier alpha value is -2.04. The summed E-state index contributed by atoms with van der Waals surface area (Å²) >= 11 is 0. The molecule has 1 aliphatic rings. The molecular formula is C20H24O4. The molecule has 0 radical (unpaired) electrons. The zero-order chi connectivity index (χ0) is 16.8. The molecule has 4 nitrogen and oxygen atoms in total. The van der Waals surface area contributed by atoms with Crippen LogP contribution in [0, 0.1) is 0 Å². The van der Waals surface area contributed by atoms with Crippen molar-refractivity contribution in [3.05, 3.63) is 59.7 Å². The van der Waals surface area contributed by atoms with E-state index in [1.165, 1.54) is 11.1 Å². The van der Waals surface area contributed by atoms with Crippen LogP contribution < -0.4 is 9.47 Å². The van der Waals surface area contributed by atoms with Gasteiger partial charge in [-0.2, -0.15) is 0 Å². The molecule has 0 N–H and O–H groups in total. The van der Waals surface area contributed by atoms with Crippen molar-refractivity contribution >= 4 is 0 Å². The van der Waals surface area contributed by atoms with Gasteiger partial charge in [0, 0.05) is 0 Å². The van der Waals surface area contributed by atoms with Crippen LogP contribution in [0.2, 0.25) is 0 Å². The second-order valence-corrected chi connectivity index (χ2v) is 5.71. The largest absolute Gasteiger partial charge is 0.458 e. The predicted octanol–water partition coefficient (Wildman–Crippen LogP) is 3.97. The van der Waals surface area contributed by atoms with E-state index in [1.807, 2.05) is 24.3 Å². The highest BCUT2D eigenvalue weighted by molar-refractivity contribution is 5.28. The van der Waals surface area contributed by atoms with Gasteiger partial charge in [0.15, 0.2) is 0 Å². The first-order chi connectivity index (χ1) is 11.8. The zero-order valence-corrected chi connectivity index (χ0v) is 14.2. The van der Waals surface area contributed by atoms with Gasteiger partial charge in [-0.05, 0) is 48.2 Å². The van der Waals surface area contributed by atoms with E-state index in [1.54, 1.807) is 0 Å². The lowest BCUT2D eigenvalue weighted by molar-refractivity contribution is -0.271. The van der Waals surface area contributed by atoms with Crippen molar-refractivity contribution in [3.63, 3.8) is 0 Å². The number of benzene rings is 2. The van der Waals surface area contributed by atoms with E-state index >= 15 is 0 Å². The van der Waals surface area contributed by atoms with Gasteiger partial charge in [0.05, 0.1) is 13.2 Å². The minimum Gasteiger partial charge on any atom is -0.458 e. The fourth-order valence-corrected chi connectivity index (χ4v) is 2.54. The molecule has 2 aromatic rings. The Balaban J connectivity index is 1.65. The van der Waals surface area contributed by atoms with Crippen molar-refractivity contribution in [2.75, 3.05) is 13.2 Å². The van der Waals surface area contributed by atoms with Crippen molar-refractivity contribution in [2.24, 2.45) is 0 Å². The summed E-state index contributed by atoms with van der Waals surface area (Å²) in [4.78, 5) is 0. The fourth-order valence-electron chi connectivity index (χ4n) is 2.54. The van der Waals surface area contributed by atoms with Gasteiger partial charge in [-0.3, -0.25) is 0 Å². The van der Waals surface area contributed by atoms with Crippen LogP contribution in [0.15, 0.2) is 48.5 Å². The Kier molecular flexibility index (Phi) is 5.72. The normalized spacial score (nSPS) is 20.6. The number of ether oxygens (including phenoxy) is 4. The van der Waals surface area contributed by atoms with Gasteiger partial charge in [-0.25, -0.2) is 0 Å². The summed E-state index contributed by atoms with van der Waals surface area (Å²) in [5.74, 6) is 1.50. The summed E-state index contributed by atoms with van der Waals surface area (Å²) in [6.07, 6.45) is 0.834. The van der Waals surface area contributed by atoms with Gasteiger partial charge < -0.3 is 18.9 Å². The van der Waals surface area contributed by atoms with E-state index in [0.717, 1.165) is 24.3 Å². The Morgan fingerprint density at radius 3 is 1.42 bits per heavy atom. The molecule has 2 atom stereocenters. The number of aryl methyl sites for hydroxylation is 2. The summed E-state index contributed by atoms with van der Waals surface area (Å²) < 4.78 is 23.2. The molecule has 0 aliphatic carbocycles. The van der Waals surface area contributed by atoms with Gasteiger partial charge in [0.25, 0.3) is 12.6 Å². The molecule has 2 aromatic carbocycles. The van der Waals surface area contributed by atoms with Gasteiger partial charge in [-0.1, -0.05) is 38.1 Å². The monoisotopic (exact) mass is 328 g/mol. The van der Waals surface area contributed by atoms with Gasteiger partial charge >= 0.3 is 0 Å². The van der Waals surface area contributed by atoms with Crippen LogP contribution in [0.4, 0.5) is 0 Å². The Morgan fingerprint density at radius 1 is 0.708 bits per heavy atom. The second-order valence-electron chi connectivity index (χ2n) is 5.71. The number of hydrogen-bond acceptors (Lipinski definition) is 4. The molecule has 0 spiro atoms. The van der Waals surface area contributed by atoms with Gasteiger partial charge in [0.1, 0.15) is 11.5 Å². The highest BCUT2D eigenvalue weighted by Crippen LogP contribution is 2.22. The van der Waals surface area contributed by atoms with Gasteiger partial charge in [-0.15, -0.1) is 0 Å². The maximum absolute atomic E-state index is 5.91. The molecule has 0 unspecified atom stereocenters. The third kappa shape index (κ3) is 4.28. The highest BCUT2D eigenvalue weighted by Gasteiger charge is 2.30. The van der Waals surface area contributed by atoms with E-state index in [9.17, 15) is 0 Å². The molecule has 1 heterocycles. The van der Waals surface area contributed by atoms with E-state index < -0.39 is 12.6 Å². The molecule has 0 aromatic heterocycles. The molecule has 0 amide bonds. The Labute approximate surface area is 143 Å². The third-order valence-corrected chi connectivity index (χ3v) is 4.04. The van der Waals surface area contributed by atoms with Crippen LogP contribution >= 0.6 is 0 Å². The van der Waals surface area contributed by atoms with Crippen LogP contribution in [0.1, 0.15) is 25.0 Å². The predicted molar refractivity (Wildman–Crippen MR) is 92.4 cm³/mol. The summed E-state index contributed by atoms with van der Waals surface area (Å²) in [7, 11) is 0. The van der Waals surface area contributed by atoms with E-state index in [0.29, 0.717) is 13.2 Å². The molecule has 1 fully saturated rings. The van der Waals surface area contributed by atoms with Crippen LogP contribution in [-0.4, -0.2) is 25.8 Å². The van der Waals surface area contributed by atoms with Crippen LogP contribution in [0.25, 0.3) is 0 Å². The average molecular weight is 328 g/mol. The summed E-state index contributed by atoms with van der Waals surface area (Å²) in [5.41, 5.74) is 2.54. The Bertz CT molecular complexity index is 564. The number of rotatable bonds is 6. The maximum Gasteiger partial charge on any atom is 0.263 e. The zero-order valence-electron chi connectivity index (χ0n) is 14.2. The fraction of sp³-hybridized carbons (Fsp3) is 0.400. The molecule has 3 rings (SSSR count). The smallest absolute Gasteiger partial charge is 0.263 e. The molecule has 4 heteroatoms. The first-order valence-corrected chi connectivity index (χ1v) is 8.53. The lowest BCUT2D eigenvalue weighted by atomic mass is 10.2. The van der Waals surface area contributed by atoms with E-state index in [-0.39, 0.29) is 0 Å². The van der Waals surface area contributed by atoms with Gasteiger partial charge in [0.2, 0.25) is 0 Å². The average Bonchev–Trinajstić information content (AvgIpc) is 2.64. The number of hydrogen-bond donors (Lipinski definition) is 0. The first kappa shape index (κ1) is 16.8. The summed E-state index contributed by atoms with van der Waals surface area (Å²) in [6.45, 7) is 5.24. The molecule has 0 bridgehead atoms. The topological polar surface area (TPSA) is 36.9 Å². The van der Waals surface area contributed by atoms with E-state index in [4.69, 9.17) is 18.9 Å². The minimum absolute atomic E-state index is 0.492. The molecule has 24 heavy (non-hydrogen) atoms. The third-order valence-electron chi connectivity index (χ3n) is 4.04. The molecule has 0 saturated carbocycles. The molecule has 1 saturated heterocycles. The van der Waals surface area contributed by atoms with Crippen LogP contribution in [0.3, 0.4) is 0 Å². The van der Waals surface area contributed by atoms with Crippen molar-refractivity contribution < 1.29 is 18.9 Å². The standard InChI is InChI=1S/C20H24O4/c1-3-15-5-9-17(10-6-15)23-19-20(22-14-13-21-19)24-18-11-7-16(4-2)8-12-18/h5-12,19-20H,3-4,13-14H2,1-2H3/t19-,20-/m0/s1. The lowest BCUT2D eigenvalue weighted by Gasteiger charge is -2.31. The van der Waals surface area contributed by atoms with E-state index in [2.05, 4.69) is 38.1 Å². The lowest BCUT2D eigenvalue weighted by Crippen LogP contribution is -2.45. The van der Waals surface area contributed by atoms with Crippen molar-refractivity contribution in [1.29, 1.82) is 0 Å². The highest BCUT2D eigenvalue weighted by atomic mass is 16.8. The summed E-state index contributed by atoms with van der Waals surface area (Å²) in [5, 5.41) is 0. The minimum atomic E-state index is -0.586. The molecule has 1 aliphatic heterocycles. The Morgan fingerprint density at radius 2 is 1.08 bits per heavy atom. The summed E-state index contributed by atoms with van der Waals surface area (Å²) in [6, 6.07) is 16.0. The van der Waals surface area contributed by atoms with Crippen molar-refractivity contribution in [2.45, 2.75) is 39.3 Å². The quantitative estimate of drug-likeness (QED) is 0.804. The molecule has 128 valence electrons. The van der Waals surface area contributed by atoms with Crippen LogP contribution in [0.5, 0.6) is 11.5 Å². The maximum atomic E-state index is 5.91.